The molecule has 3 rings (SSSR count). The Balaban J connectivity index is 0.00000261. The summed E-state index contributed by atoms with van der Waals surface area (Å²) in [7, 11) is 3.29. The van der Waals surface area contributed by atoms with Crippen LogP contribution in [0.2, 0.25) is 0 Å². The van der Waals surface area contributed by atoms with Crippen LogP contribution in [-0.4, -0.2) is 41.2 Å². The van der Waals surface area contributed by atoms with Gasteiger partial charge in [-0.15, -0.1) is 10.2 Å². The van der Waals surface area contributed by atoms with Crippen molar-refractivity contribution >= 4 is 22.9 Å². The molecule has 3 aromatic rings. The van der Waals surface area contributed by atoms with Crippen LogP contribution in [0.1, 0.15) is 12.6 Å². The number of halogens is 5. The molecule has 0 N–H and O–H groups in total. The van der Waals surface area contributed by atoms with Gasteiger partial charge in [-0.1, -0.05) is 11.9 Å². The first kappa shape index (κ1) is 21.7. The Labute approximate surface area is 167 Å². The maximum Gasteiger partial charge on any atom is 0.459 e. The van der Waals surface area contributed by atoms with Crippen molar-refractivity contribution in [2.75, 3.05) is 5.75 Å². The molecule has 0 aliphatic heterocycles. The monoisotopic (exact) mass is 455 g/mol. The summed E-state index contributed by atoms with van der Waals surface area (Å²) in [6.45, 7) is 1.94. The van der Waals surface area contributed by atoms with E-state index in [0.29, 0.717) is 11.8 Å². The molecule has 142 valence electrons. The summed E-state index contributed by atoms with van der Waals surface area (Å²) >= 11 is 1.47. The first-order chi connectivity index (χ1) is 12.1. The first-order valence-corrected chi connectivity index (χ1v) is 8.29. The molecule has 0 aromatic carbocycles. The van der Waals surface area contributed by atoms with Crippen LogP contribution in [0.15, 0.2) is 11.1 Å². The molecule has 0 bridgehead atoms. The van der Waals surface area contributed by atoms with Crippen molar-refractivity contribution in [1.29, 1.82) is 0 Å². The van der Waals surface area contributed by atoms with Crippen LogP contribution in [-0.2, 0) is 39.5 Å². The van der Waals surface area contributed by atoms with Gasteiger partial charge in [-0.05, 0) is 24.6 Å². The summed E-state index contributed by atoms with van der Waals surface area (Å²) in [5, 5.41) is 7.30. The second-order valence-corrected chi connectivity index (χ2v) is 6.62. The standard InChI is InChI=1S/C14H12F5N6S.Zn/c1-4-26-12-9(20-6-24(12)2)11-21-7-5-8(13(15,16)14(17,18)19)22-23-10(7)25(11)3;/h5H,4H2,1-3H3;/q-1;. The Morgan fingerprint density at radius 2 is 1.81 bits per heavy atom. The number of hydrogen-bond acceptors (Lipinski definition) is 5. The van der Waals surface area contributed by atoms with Crippen LogP contribution in [0.25, 0.3) is 22.7 Å². The molecule has 6 nitrogen and oxygen atoms in total. The topological polar surface area (TPSA) is 61.4 Å². The molecule has 0 radical (unpaired) electrons. The van der Waals surface area contributed by atoms with E-state index in [1.54, 1.807) is 18.7 Å². The Hall–Kier alpha value is -1.62. The van der Waals surface area contributed by atoms with E-state index in [4.69, 9.17) is 0 Å². The molecule has 0 saturated heterocycles. The van der Waals surface area contributed by atoms with Crippen LogP contribution >= 0.6 is 11.8 Å². The summed E-state index contributed by atoms with van der Waals surface area (Å²) in [4.78, 5) is 8.27. The van der Waals surface area contributed by atoms with E-state index in [0.717, 1.165) is 10.8 Å². The number of aromatic nitrogens is 6. The third kappa shape index (κ3) is 3.58. The fourth-order valence-electron chi connectivity index (χ4n) is 2.32. The molecule has 3 aromatic heterocycles. The van der Waals surface area contributed by atoms with Crippen molar-refractivity contribution in [3.05, 3.63) is 18.1 Å². The third-order valence-electron chi connectivity index (χ3n) is 3.61. The number of nitrogens with zero attached hydrogens (tertiary/aromatic N) is 6. The van der Waals surface area contributed by atoms with Crippen LogP contribution in [0.5, 0.6) is 0 Å². The predicted octanol–water partition coefficient (Wildman–Crippen LogP) is 3.33. The van der Waals surface area contributed by atoms with E-state index >= 15 is 0 Å². The minimum atomic E-state index is -5.77. The summed E-state index contributed by atoms with van der Waals surface area (Å²) in [6.07, 6.45) is -3.03. The predicted molar refractivity (Wildman–Crippen MR) is 83.7 cm³/mol. The zero-order chi connectivity index (χ0) is 19.3. The maximum atomic E-state index is 13.5. The molecule has 0 fully saturated rings. The van der Waals surface area contributed by atoms with E-state index in [1.165, 1.54) is 16.3 Å². The van der Waals surface area contributed by atoms with Gasteiger partial charge in [0.05, 0.1) is 5.82 Å². The molecule has 0 unspecified atom stereocenters. The molecule has 0 spiro atoms. The number of alkyl halides is 5. The second kappa shape index (κ2) is 7.42. The van der Waals surface area contributed by atoms with Gasteiger partial charge in [0.25, 0.3) is 0 Å². The number of imidazole rings is 2. The van der Waals surface area contributed by atoms with Gasteiger partial charge < -0.3 is 14.1 Å². The first-order valence-electron chi connectivity index (χ1n) is 7.30. The Kier molecular flexibility index (Phi) is 5.96. The van der Waals surface area contributed by atoms with Crippen molar-refractivity contribution < 1.29 is 41.4 Å². The van der Waals surface area contributed by atoms with Crippen LogP contribution in [0.4, 0.5) is 22.0 Å². The van der Waals surface area contributed by atoms with Gasteiger partial charge in [0.1, 0.15) is 11.2 Å². The number of thioether (sulfide) groups is 1. The second-order valence-electron chi connectivity index (χ2n) is 5.36. The summed E-state index contributed by atoms with van der Waals surface area (Å²) < 4.78 is 67.7. The van der Waals surface area contributed by atoms with Gasteiger partial charge in [-0.3, -0.25) is 0 Å². The van der Waals surface area contributed by atoms with E-state index in [9.17, 15) is 22.0 Å². The number of aryl methyl sites for hydroxylation is 2. The van der Waals surface area contributed by atoms with Gasteiger partial charge >= 0.3 is 12.1 Å². The fraction of sp³-hybridized carbons (Fsp3) is 0.429. The minimum Gasteiger partial charge on any atom is -0.444 e. The number of rotatable bonds is 4. The average Bonchev–Trinajstić information content (AvgIpc) is 3.07. The molecule has 0 amide bonds. The molecular weight excluding hydrogens is 445 g/mol. The Bertz CT molecular complexity index is 967. The van der Waals surface area contributed by atoms with E-state index in [1.807, 2.05) is 6.92 Å². The Morgan fingerprint density at radius 1 is 1.15 bits per heavy atom. The molecule has 3 heterocycles. The molecule has 27 heavy (non-hydrogen) atoms. The van der Waals surface area contributed by atoms with Crippen LogP contribution < -0.4 is 0 Å². The quantitative estimate of drug-likeness (QED) is 0.261. The van der Waals surface area contributed by atoms with Gasteiger partial charge in [0.2, 0.25) is 0 Å². The molecule has 0 atom stereocenters. The smallest absolute Gasteiger partial charge is 0.444 e. The zero-order valence-electron chi connectivity index (χ0n) is 14.5. The molecule has 0 aliphatic carbocycles. The average molecular weight is 457 g/mol. The number of hydrogen-bond donors (Lipinski definition) is 0. The van der Waals surface area contributed by atoms with Crippen LogP contribution in [0, 0.1) is 6.33 Å². The molecule has 0 saturated carbocycles. The maximum absolute atomic E-state index is 13.5. The van der Waals surface area contributed by atoms with Crippen molar-refractivity contribution in [3.8, 4) is 11.5 Å². The number of fused-ring (bicyclic) bond motifs is 1. The third-order valence-corrected chi connectivity index (χ3v) is 4.64. The minimum absolute atomic E-state index is 0. The van der Waals surface area contributed by atoms with Crippen molar-refractivity contribution in [2.45, 2.75) is 24.0 Å². The fourth-order valence-corrected chi connectivity index (χ4v) is 3.10. The van der Waals surface area contributed by atoms with Gasteiger partial charge in [-0.2, -0.15) is 33.7 Å². The van der Waals surface area contributed by atoms with Crippen molar-refractivity contribution in [1.82, 2.24) is 29.3 Å². The van der Waals surface area contributed by atoms with E-state index in [-0.39, 0.29) is 36.5 Å². The summed E-state index contributed by atoms with van der Waals surface area (Å²) in [5.74, 6) is -4.10. The SMILES string of the molecule is CCSc1c(-c2nc3cc(C(F)(F)C(F)(F)F)nnc3n2C)n[c-]n1C.[Zn]. The normalized spacial score (nSPS) is 12.4. The van der Waals surface area contributed by atoms with Gasteiger partial charge in [0.15, 0.2) is 5.65 Å². The van der Waals surface area contributed by atoms with Gasteiger partial charge in [-0.25, -0.2) is 4.98 Å². The summed E-state index contributed by atoms with van der Waals surface area (Å²) in [5.41, 5.74) is -1.13. The summed E-state index contributed by atoms with van der Waals surface area (Å²) in [6, 6.07) is 0.596. The molecule has 0 aliphatic rings. The van der Waals surface area contributed by atoms with Gasteiger partial charge in [0, 0.05) is 32.9 Å². The van der Waals surface area contributed by atoms with Crippen LogP contribution in [0.3, 0.4) is 0 Å². The van der Waals surface area contributed by atoms with E-state index < -0.39 is 17.8 Å². The largest absolute Gasteiger partial charge is 0.459 e. The Morgan fingerprint density at radius 3 is 2.41 bits per heavy atom. The molecular formula is C14H12F5N6SZn-. The zero-order valence-corrected chi connectivity index (χ0v) is 18.3. The van der Waals surface area contributed by atoms with E-state index in [2.05, 4.69) is 26.5 Å². The van der Waals surface area contributed by atoms with Crippen molar-refractivity contribution in [2.24, 2.45) is 14.1 Å². The molecule has 13 heteroatoms. The van der Waals surface area contributed by atoms with Crippen molar-refractivity contribution in [3.63, 3.8) is 0 Å².